The van der Waals surface area contributed by atoms with Crippen LogP contribution in [0.3, 0.4) is 0 Å². The van der Waals surface area contributed by atoms with Gasteiger partial charge in [-0.2, -0.15) is 0 Å². The fourth-order valence-electron chi connectivity index (χ4n) is 0.645. The number of hydrogen-bond donors (Lipinski definition) is 0. The molecule has 1 aromatic rings. The van der Waals surface area contributed by atoms with Crippen molar-refractivity contribution in [2.24, 2.45) is 0 Å². The summed E-state index contributed by atoms with van der Waals surface area (Å²) in [6, 6.07) is 10.2. The van der Waals surface area contributed by atoms with Crippen LogP contribution < -0.4 is 0 Å². The molecule has 12 heavy (non-hydrogen) atoms. The SMILES string of the molecule is C[C](C)C.[CH2]Cc1ccccc1. The number of benzene rings is 1. The van der Waals surface area contributed by atoms with Crippen LogP contribution in [0.4, 0.5) is 0 Å². The molecule has 2 radical (unpaired) electrons. The molecule has 0 nitrogen and oxygen atoms in total. The molecule has 0 unspecified atom stereocenters. The Morgan fingerprint density at radius 3 is 1.75 bits per heavy atom. The molecule has 0 N–H and O–H groups in total. The molecular formula is C12H18. The lowest BCUT2D eigenvalue weighted by Gasteiger charge is -1.89. The molecule has 1 aromatic carbocycles. The van der Waals surface area contributed by atoms with Crippen LogP contribution in [0.15, 0.2) is 30.3 Å². The van der Waals surface area contributed by atoms with Crippen molar-refractivity contribution >= 4 is 0 Å². The normalized spacial score (nSPS) is 9.08. The van der Waals surface area contributed by atoms with Gasteiger partial charge in [0.1, 0.15) is 0 Å². The Labute approximate surface area is 76.6 Å². The van der Waals surface area contributed by atoms with Crippen molar-refractivity contribution in [2.75, 3.05) is 0 Å². The summed E-state index contributed by atoms with van der Waals surface area (Å²) < 4.78 is 0. The van der Waals surface area contributed by atoms with Crippen molar-refractivity contribution in [3.05, 3.63) is 48.7 Å². The van der Waals surface area contributed by atoms with Crippen LogP contribution in [0.25, 0.3) is 0 Å². The summed E-state index contributed by atoms with van der Waals surface area (Å²) in [6.07, 6.45) is 0.890. The molecule has 0 aromatic heterocycles. The van der Waals surface area contributed by atoms with Gasteiger partial charge >= 0.3 is 0 Å². The van der Waals surface area contributed by atoms with Crippen LogP contribution in [-0.4, -0.2) is 0 Å². The Balaban J connectivity index is 0.000000261. The highest BCUT2D eigenvalue weighted by atomic mass is 13.9. The molecule has 0 aliphatic carbocycles. The summed E-state index contributed by atoms with van der Waals surface area (Å²) in [6.45, 7) is 10.0. The van der Waals surface area contributed by atoms with Gasteiger partial charge in [-0.3, -0.25) is 0 Å². The first-order valence-electron chi connectivity index (χ1n) is 4.26. The molecule has 0 saturated heterocycles. The van der Waals surface area contributed by atoms with Gasteiger partial charge in [-0.15, -0.1) is 0 Å². The zero-order chi connectivity index (χ0) is 9.40. The van der Waals surface area contributed by atoms with E-state index in [0.29, 0.717) is 0 Å². The van der Waals surface area contributed by atoms with Gasteiger partial charge in [0.25, 0.3) is 0 Å². The zero-order valence-corrected chi connectivity index (χ0v) is 8.30. The Kier molecular flexibility index (Phi) is 6.45. The molecule has 0 fully saturated rings. The van der Waals surface area contributed by atoms with Gasteiger partial charge in [0.05, 0.1) is 0 Å². The highest BCUT2D eigenvalue weighted by Crippen LogP contribution is 1.96. The third-order valence-corrected chi connectivity index (χ3v) is 1.13. The van der Waals surface area contributed by atoms with E-state index in [0.717, 1.165) is 6.42 Å². The monoisotopic (exact) mass is 162 g/mol. The predicted molar refractivity (Wildman–Crippen MR) is 55.8 cm³/mol. The molecule has 0 bridgehead atoms. The Morgan fingerprint density at radius 2 is 1.50 bits per heavy atom. The quantitative estimate of drug-likeness (QED) is 0.591. The van der Waals surface area contributed by atoms with E-state index in [1.807, 2.05) is 18.2 Å². The first-order chi connectivity index (χ1) is 5.66. The van der Waals surface area contributed by atoms with E-state index >= 15 is 0 Å². The second-order valence-corrected chi connectivity index (χ2v) is 3.24. The lowest BCUT2D eigenvalue weighted by Crippen LogP contribution is -1.74. The van der Waals surface area contributed by atoms with Crippen molar-refractivity contribution in [3.63, 3.8) is 0 Å². The second kappa shape index (κ2) is 6.90. The lowest BCUT2D eigenvalue weighted by molar-refractivity contribution is 1.10. The fourth-order valence-corrected chi connectivity index (χ4v) is 0.645. The maximum absolute atomic E-state index is 3.76. The van der Waals surface area contributed by atoms with Gasteiger partial charge in [-0.25, -0.2) is 0 Å². The zero-order valence-electron chi connectivity index (χ0n) is 8.30. The van der Waals surface area contributed by atoms with Crippen molar-refractivity contribution in [1.82, 2.24) is 0 Å². The van der Waals surface area contributed by atoms with E-state index in [1.54, 1.807) is 0 Å². The lowest BCUT2D eigenvalue weighted by atomic mass is 10.2. The van der Waals surface area contributed by atoms with E-state index < -0.39 is 0 Å². The minimum Gasteiger partial charge on any atom is -0.0622 e. The minimum atomic E-state index is 0.890. The van der Waals surface area contributed by atoms with Crippen LogP contribution in [0.1, 0.15) is 26.3 Å². The van der Waals surface area contributed by atoms with Crippen molar-refractivity contribution in [3.8, 4) is 0 Å². The summed E-state index contributed by atoms with van der Waals surface area (Å²) >= 11 is 0. The van der Waals surface area contributed by atoms with Crippen molar-refractivity contribution in [2.45, 2.75) is 27.2 Å². The minimum absolute atomic E-state index is 0.890. The molecule has 66 valence electrons. The molecule has 1 rings (SSSR count). The maximum Gasteiger partial charge on any atom is -0.0279 e. The van der Waals surface area contributed by atoms with E-state index in [9.17, 15) is 0 Å². The summed E-state index contributed by atoms with van der Waals surface area (Å²) in [5.74, 6) is 1.42. The third-order valence-electron chi connectivity index (χ3n) is 1.13. The molecule has 0 heteroatoms. The molecule has 0 saturated carbocycles. The van der Waals surface area contributed by atoms with Crippen LogP contribution in [0.5, 0.6) is 0 Å². The van der Waals surface area contributed by atoms with E-state index in [1.165, 1.54) is 11.5 Å². The van der Waals surface area contributed by atoms with Crippen LogP contribution in [-0.2, 0) is 6.42 Å². The van der Waals surface area contributed by atoms with Crippen molar-refractivity contribution < 1.29 is 0 Å². The summed E-state index contributed by atoms with van der Waals surface area (Å²) in [5.41, 5.74) is 1.30. The average Bonchev–Trinajstić information content (AvgIpc) is 2.05. The molecule has 0 spiro atoms. The first kappa shape index (κ1) is 11.2. The van der Waals surface area contributed by atoms with E-state index in [4.69, 9.17) is 0 Å². The Hall–Kier alpha value is -0.780. The molecule has 0 aliphatic heterocycles. The summed E-state index contributed by atoms with van der Waals surface area (Å²) in [5, 5.41) is 0. The highest BCUT2D eigenvalue weighted by Gasteiger charge is 1.80. The van der Waals surface area contributed by atoms with Crippen LogP contribution >= 0.6 is 0 Å². The van der Waals surface area contributed by atoms with Crippen molar-refractivity contribution in [1.29, 1.82) is 0 Å². The van der Waals surface area contributed by atoms with Crippen LogP contribution in [0, 0.1) is 12.8 Å². The molecular weight excluding hydrogens is 144 g/mol. The van der Waals surface area contributed by atoms with Gasteiger partial charge in [-0.1, -0.05) is 51.1 Å². The molecule has 0 amide bonds. The van der Waals surface area contributed by atoms with Gasteiger partial charge in [0, 0.05) is 0 Å². The summed E-state index contributed by atoms with van der Waals surface area (Å²) in [7, 11) is 0. The predicted octanol–water partition coefficient (Wildman–Crippen LogP) is 3.68. The number of hydrogen-bond acceptors (Lipinski definition) is 0. The Bertz CT molecular complexity index is 172. The molecule has 0 heterocycles. The van der Waals surface area contributed by atoms with E-state index in [2.05, 4.69) is 39.8 Å². The largest absolute Gasteiger partial charge is 0.0622 e. The fraction of sp³-hybridized carbons (Fsp3) is 0.333. The van der Waals surface area contributed by atoms with Gasteiger partial charge in [-0.05, 0) is 24.8 Å². The summed E-state index contributed by atoms with van der Waals surface area (Å²) in [4.78, 5) is 0. The molecule has 0 aliphatic rings. The second-order valence-electron chi connectivity index (χ2n) is 3.24. The van der Waals surface area contributed by atoms with Crippen LogP contribution in [0.2, 0.25) is 0 Å². The first-order valence-corrected chi connectivity index (χ1v) is 4.26. The van der Waals surface area contributed by atoms with Gasteiger partial charge in [0.2, 0.25) is 0 Å². The number of rotatable bonds is 1. The standard InChI is InChI=1S/C8H9.C4H9/c1-2-8-6-4-3-5-7-8;1-4(2)3/h3-7H,1-2H2;1-3H3. The van der Waals surface area contributed by atoms with Gasteiger partial charge < -0.3 is 0 Å². The average molecular weight is 162 g/mol. The van der Waals surface area contributed by atoms with Gasteiger partial charge in [0.15, 0.2) is 0 Å². The van der Waals surface area contributed by atoms with E-state index in [-0.39, 0.29) is 0 Å². The topological polar surface area (TPSA) is 0 Å². The molecule has 0 atom stereocenters. The Morgan fingerprint density at radius 1 is 1.08 bits per heavy atom. The highest BCUT2D eigenvalue weighted by molar-refractivity contribution is 5.14. The smallest absolute Gasteiger partial charge is 0.0279 e. The maximum atomic E-state index is 3.76. The third kappa shape index (κ3) is 7.33.